The van der Waals surface area contributed by atoms with Crippen molar-refractivity contribution in [3.05, 3.63) is 38.4 Å². The summed E-state index contributed by atoms with van der Waals surface area (Å²) in [5.41, 5.74) is 0.336. The molecular weight excluding hydrogens is 222 g/mol. The van der Waals surface area contributed by atoms with E-state index in [1.54, 1.807) is 0 Å². The second-order valence-electron chi connectivity index (χ2n) is 2.87. The number of methoxy groups -OCH3 is 1. The van der Waals surface area contributed by atoms with E-state index in [-0.39, 0.29) is 16.3 Å². The Bertz CT molecular complexity index is 407. The number of carbonyl (C=O) groups excluding carboxylic acids is 1. The van der Waals surface area contributed by atoms with Crippen LogP contribution in [0.5, 0.6) is 0 Å². The lowest BCUT2D eigenvalue weighted by molar-refractivity contribution is -0.385. The lowest BCUT2D eigenvalue weighted by Crippen LogP contribution is -2.03. The molecule has 0 saturated carbocycles. The van der Waals surface area contributed by atoms with E-state index >= 15 is 0 Å². The number of hydrogen-bond acceptors (Lipinski definition) is 4. The van der Waals surface area contributed by atoms with Crippen LogP contribution < -0.4 is 0 Å². The molecule has 0 atom stereocenters. The molecule has 0 radical (unpaired) electrons. The van der Waals surface area contributed by atoms with Crippen LogP contribution in [0.15, 0.2) is 12.1 Å². The van der Waals surface area contributed by atoms with E-state index in [4.69, 9.17) is 11.6 Å². The number of aryl methyl sites for hydroxylation is 1. The first-order chi connectivity index (χ1) is 6.97. The van der Waals surface area contributed by atoms with Gasteiger partial charge < -0.3 is 4.74 Å². The molecule has 6 heteroatoms. The molecule has 0 saturated heterocycles. The molecule has 1 aromatic carbocycles. The summed E-state index contributed by atoms with van der Waals surface area (Å²) in [5.74, 6) is -0.574. The van der Waals surface area contributed by atoms with Crippen LogP contribution in [0.4, 0.5) is 5.69 Å². The Morgan fingerprint density at radius 1 is 1.53 bits per heavy atom. The molecule has 0 heterocycles. The highest BCUT2D eigenvalue weighted by Crippen LogP contribution is 2.29. The number of rotatable bonds is 2. The van der Waals surface area contributed by atoms with Gasteiger partial charge in [0, 0.05) is 5.56 Å². The van der Waals surface area contributed by atoms with E-state index in [1.807, 2.05) is 0 Å². The van der Waals surface area contributed by atoms with Gasteiger partial charge in [0.2, 0.25) is 0 Å². The fourth-order valence-electron chi connectivity index (χ4n) is 1.20. The summed E-state index contributed by atoms with van der Waals surface area (Å²) in [6.45, 7) is 1.51. The zero-order valence-corrected chi connectivity index (χ0v) is 8.87. The van der Waals surface area contributed by atoms with Gasteiger partial charge in [-0.05, 0) is 19.1 Å². The summed E-state index contributed by atoms with van der Waals surface area (Å²) in [6, 6.07) is 2.59. The lowest BCUT2D eigenvalue weighted by Gasteiger charge is -2.03. The van der Waals surface area contributed by atoms with Crippen molar-refractivity contribution in [3.63, 3.8) is 0 Å². The smallest absolute Gasteiger partial charge is 0.337 e. The first kappa shape index (κ1) is 11.5. The Hall–Kier alpha value is -1.62. The highest BCUT2D eigenvalue weighted by molar-refractivity contribution is 6.33. The Morgan fingerprint density at radius 3 is 2.53 bits per heavy atom. The van der Waals surface area contributed by atoms with E-state index in [9.17, 15) is 14.9 Å². The third-order valence-electron chi connectivity index (χ3n) is 1.86. The van der Waals surface area contributed by atoms with Crippen molar-refractivity contribution in [1.29, 1.82) is 0 Å². The normalized spacial score (nSPS) is 9.80. The predicted molar refractivity (Wildman–Crippen MR) is 54.2 cm³/mol. The van der Waals surface area contributed by atoms with E-state index < -0.39 is 10.9 Å². The van der Waals surface area contributed by atoms with Gasteiger partial charge in [0.1, 0.15) is 5.02 Å². The van der Waals surface area contributed by atoms with Gasteiger partial charge in [-0.15, -0.1) is 0 Å². The molecule has 0 aliphatic carbocycles. The highest BCUT2D eigenvalue weighted by Gasteiger charge is 2.19. The van der Waals surface area contributed by atoms with Crippen LogP contribution in [0.3, 0.4) is 0 Å². The minimum Gasteiger partial charge on any atom is -0.465 e. The molecule has 0 bridgehead atoms. The van der Waals surface area contributed by atoms with E-state index in [0.717, 1.165) is 0 Å². The quantitative estimate of drug-likeness (QED) is 0.443. The third kappa shape index (κ3) is 2.24. The fraction of sp³-hybridized carbons (Fsp3) is 0.222. The number of carbonyl (C=O) groups is 1. The third-order valence-corrected chi connectivity index (χ3v) is 2.15. The van der Waals surface area contributed by atoms with Crippen LogP contribution in [0.1, 0.15) is 15.9 Å². The highest BCUT2D eigenvalue weighted by atomic mass is 35.5. The van der Waals surface area contributed by atoms with Crippen LogP contribution in [0, 0.1) is 17.0 Å². The zero-order valence-electron chi connectivity index (χ0n) is 8.11. The molecule has 0 N–H and O–H groups in total. The molecule has 0 aliphatic rings. The summed E-state index contributed by atoms with van der Waals surface area (Å²) in [5, 5.41) is 10.5. The standard InChI is InChI=1S/C9H8ClNO4/c1-5-3-6(9(12)15-2)4-7(10)8(5)11(13)14/h3-4H,1-2H3. The Balaban J connectivity index is 3.31. The van der Waals surface area contributed by atoms with Gasteiger partial charge in [0.25, 0.3) is 5.69 Å². The molecule has 0 aromatic heterocycles. The summed E-state index contributed by atoms with van der Waals surface area (Å²) in [7, 11) is 1.23. The molecule has 1 rings (SSSR count). The number of halogens is 1. The predicted octanol–water partition coefficient (Wildman–Crippen LogP) is 2.34. The summed E-state index contributed by atoms with van der Waals surface area (Å²) in [6.07, 6.45) is 0. The molecule has 0 spiro atoms. The molecule has 0 aliphatic heterocycles. The lowest BCUT2D eigenvalue weighted by atomic mass is 10.1. The second kappa shape index (κ2) is 4.27. The van der Waals surface area contributed by atoms with Crippen molar-refractivity contribution in [2.24, 2.45) is 0 Å². The van der Waals surface area contributed by atoms with Crippen LogP contribution in [0.25, 0.3) is 0 Å². The summed E-state index contributed by atoms with van der Waals surface area (Å²) >= 11 is 5.68. The monoisotopic (exact) mass is 229 g/mol. The molecule has 5 nitrogen and oxygen atoms in total. The maximum atomic E-state index is 11.1. The number of benzene rings is 1. The maximum absolute atomic E-state index is 11.1. The maximum Gasteiger partial charge on any atom is 0.337 e. The zero-order chi connectivity index (χ0) is 11.6. The number of ether oxygens (including phenoxy) is 1. The number of nitro benzene ring substituents is 1. The Kier molecular flexibility index (Phi) is 3.26. The van der Waals surface area contributed by atoms with Crippen LogP contribution in [-0.4, -0.2) is 18.0 Å². The molecule has 0 fully saturated rings. The summed E-state index contributed by atoms with van der Waals surface area (Å²) in [4.78, 5) is 21.2. The average molecular weight is 230 g/mol. The van der Waals surface area contributed by atoms with Crippen molar-refractivity contribution in [3.8, 4) is 0 Å². The van der Waals surface area contributed by atoms with E-state index in [2.05, 4.69) is 4.74 Å². The van der Waals surface area contributed by atoms with Gasteiger partial charge in [-0.3, -0.25) is 10.1 Å². The van der Waals surface area contributed by atoms with Gasteiger partial charge in [-0.25, -0.2) is 4.79 Å². The average Bonchev–Trinajstić information content (AvgIpc) is 2.14. The molecule has 0 amide bonds. The van der Waals surface area contributed by atoms with Crippen molar-refractivity contribution < 1.29 is 14.5 Å². The number of nitro groups is 1. The van der Waals surface area contributed by atoms with Crippen molar-refractivity contribution in [2.45, 2.75) is 6.92 Å². The van der Waals surface area contributed by atoms with Gasteiger partial charge in [-0.1, -0.05) is 11.6 Å². The van der Waals surface area contributed by atoms with Crippen LogP contribution in [0.2, 0.25) is 5.02 Å². The molecule has 0 unspecified atom stereocenters. The minimum atomic E-state index is -0.585. The van der Waals surface area contributed by atoms with Crippen molar-refractivity contribution in [1.82, 2.24) is 0 Å². The van der Waals surface area contributed by atoms with Gasteiger partial charge in [-0.2, -0.15) is 0 Å². The van der Waals surface area contributed by atoms with Crippen molar-refractivity contribution >= 4 is 23.3 Å². The van der Waals surface area contributed by atoms with Crippen LogP contribution >= 0.6 is 11.6 Å². The molecular formula is C9H8ClNO4. The first-order valence-electron chi connectivity index (χ1n) is 4.00. The van der Waals surface area contributed by atoms with Crippen LogP contribution in [-0.2, 0) is 4.74 Å². The minimum absolute atomic E-state index is 0.0691. The second-order valence-corrected chi connectivity index (χ2v) is 3.28. The van der Waals surface area contributed by atoms with Gasteiger partial charge in [0.15, 0.2) is 0 Å². The molecule has 1 aromatic rings. The summed E-state index contributed by atoms with van der Waals surface area (Å²) < 4.78 is 4.48. The largest absolute Gasteiger partial charge is 0.465 e. The van der Waals surface area contributed by atoms with E-state index in [0.29, 0.717) is 5.56 Å². The van der Waals surface area contributed by atoms with Gasteiger partial charge >= 0.3 is 5.97 Å². The topological polar surface area (TPSA) is 69.4 Å². The van der Waals surface area contributed by atoms with Gasteiger partial charge in [0.05, 0.1) is 17.6 Å². The number of esters is 1. The van der Waals surface area contributed by atoms with E-state index in [1.165, 1.54) is 26.2 Å². The Morgan fingerprint density at radius 2 is 2.13 bits per heavy atom. The van der Waals surface area contributed by atoms with Crippen molar-refractivity contribution in [2.75, 3.05) is 7.11 Å². The first-order valence-corrected chi connectivity index (χ1v) is 4.38. The Labute approximate surface area is 90.8 Å². The molecule has 15 heavy (non-hydrogen) atoms. The fourth-order valence-corrected chi connectivity index (χ4v) is 1.54. The molecule has 80 valence electrons. The number of nitrogens with zero attached hydrogens (tertiary/aromatic N) is 1. The number of hydrogen-bond donors (Lipinski definition) is 0. The SMILES string of the molecule is COC(=O)c1cc(C)c([N+](=O)[O-])c(Cl)c1.